The minimum absolute atomic E-state index is 0.0230. The first-order chi connectivity index (χ1) is 8.90. The smallest absolute Gasteiger partial charge is 0.380 e. The first-order valence-electron chi connectivity index (χ1n) is 6.07. The Labute approximate surface area is 109 Å². The molecule has 108 valence electrons. The average molecular weight is 279 g/mol. The molecule has 1 atom stereocenters. The van der Waals surface area contributed by atoms with E-state index in [0.717, 1.165) is 18.2 Å². The van der Waals surface area contributed by atoms with Gasteiger partial charge in [-0.2, -0.15) is 13.2 Å². The quantitative estimate of drug-likeness (QED) is 0.804. The van der Waals surface area contributed by atoms with Gasteiger partial charge in [-0.1, -0.05) is 6.92 Å². The highest BCUT2D eigenvalue weighted by molar-refractivity contribution is 5.29. The third-order valence-corrected chi connectivity index (χ3v) is 2.64. The number of hydrogen-bond acceptors (Lipinski definition) is 2. The van der Waals surface area contributed by atoms with Crippen LogP contribution in [0.4, 0.5) is 17.6 Å². The van der Waals surface area contributed by atoms with E-state index in [9.17, 15) is 17.6 Å². The van der Waals surface area contributed by atoms with Gasteiger partial charge in [-0.15, -0.1) is 0 Å². The Morgan fingerprint density at radius 2 is 1.95 bits per heavy atom. The summed E-state index contributed by atoms with van der Waals surface area (Å²) in [5, 5.41) is 2.92. The van der Waals surface area contributed by atoms with E-state index in [4.69, 9.17) is 4.74 Å². The lowest BCUT2D eigenvalue weighted by atomic mass is 10.0. The zero-order valence-electron chi connectivity index (χ0n) is 10.9. The van der Waals surface area contributed by atoms with E-state index >= 15 is 0 Å². The molecule has 2 nitrogen and oxygen atoms in total. The van der Waals surface area contributed by atoms with Crippen molar-refractivity contribution in [3.8, 4) is 0 Å². The van der Waals surface area contributed by atoms with Crippen LogP contribution in [0.1, 0.15) is 31.0 Å². The van der Waals surface area contributed by atoms with Crippen molar-refractivity contribution in [3.05, 3.63) is 35.1 Å². The molecular formula is C13H17F4NO. The zero-order valence-corrected chi connectivity index (χ0v) is 10.9. The molecule has 1 N–H and O–H groups in total. The van der Waals surface area contributed by atoms with Gasteiger partial charge in [-0.25, -0.2) is 4.39 Å². The van der Waals surface area contributed by atoms with Crippen LogP contribution < -0.4 is 5.32 Å². The molecule has 19 heavy (non-hydrogen) atoms. The van der Waals surface area contributed by atoms with Crippen molar-refractivity contribution < 1.29 is 22.3 Å². The number of benzene rings is 1. The number of ether oxygens (including phenoxy) is 1. The fourth-order valence-corrected chi connectivity index (χ4v) is 1.73. The summed E-state index contributed by atoms with van der Waals surface area (Å²) in [6.45, 7) is 4.62. The van der Waals surface area contributed by atoms with Gasteiger partial charge in [-0.3, -0.25) is 0 Å². The van der Waals surface area contributed by atoms with Crippen molar-refractivity contribution in [1.82, 2.24) is 5.32 Å². The van der Waals surface area contributed by atoms with Crippen molar-refractivity contribution in [3.63, 3.8) is 0 Å². The van der Waals surface area contributed by atoms with Crippen molar-refractivity contribution in [1.29, 1.82) is 0 Å². The molecule has 6 heteroatoms. The van der Waals surface area contributed by atoms with E-state index < -0.39 is 23.6 Å². The van der Waals surface area contributed by atoms with E-state index in [2.05, 4.69) is 5.32 Å². The Bertz CT molecular complexity index is 406. The van der Waals surface area contributed by atoms with Crippen molar-refractivity contribution >= 4 is 0 Å². The van der Waals surface area contributed by atoms with Crippen LogP contribution >= 0.6 is 0 Å². The molecule has 0 aliphatic carbocycles. The summed E-state index contributed by atoms with van der Waals surface area (Å²) in [7, 11) is 0. The lowest BCUT2D eigenvalue weighted by molar-refractivity contribution is -0.137. The van der Waals surface area contributed by atoms with E-state index in [1.807, 2.05) is 0 Å². The summed E-state index contributed by atoms with van der Waals surface area (Å²) in [6.07, 6.45) is -4.48. The van der Waals surface area contributed by atoms with Crippen LogP contribution in [0, 0.1) is 5.82 Å². The molecule has 0 amide bonds. The lowest BCUT2D eigenvalue weighted by Gasteiger charge is -2.20. The maximum Gasteiger partial charge on any atom is 0.416 e. The van der Waals surface area contributed by atoms with Gasteiger partial charge >= 0.3 is 6.18 Å². The van der Waals surface area contributed by atoms with Gasteiger partial charge in [0.25, 0.3) is 0 Å². The van der Waals surface area contributed by atoms with Gasteiger partial charge in [0, 0.05) is 12.2 Å². The summed E-state index contributed by atoms with van der Waals surface area (Å²) in [4.78, 5) is 0. The van der Waals surface area contributed by atoms with E-state index in [-0.39, 0.29) is 12.2 Å². The molecule has 1 rings (SSSR count). The number of alkyl halides is 3. The molecule has 0 saturated carbocycles. The second kappa shape index (κ2) is 6.86. The Hall–Kier alpha value is -1.14. The van der Waals surface area contributed by atoms with Gasteiger partial charge in [0.2, 0.25) is 0 Å². The molecule has 0 saturated heterocycles. The minimum atomic E-state index is -4.48. The third kappa shape index (κ3) is 4.47. The van der Waals surface area contributed by atoms with Crippen LogP contribution in [0.2, 0.25) is 0 Å². The number of likely N-dealkylation sites (N-methyl/N-ethyl adjacent to an activating group) is 1. The topological polar surface area (TPSA) is 21.3 Å². The molecule has 0 aliphatic rings. The summed E-state index contributed by atoms with van der Waals surface area (Å²) in [6, 6.07) is 1.82. The highest BCUT2D eigenvalue weighted by atomic mass is 19.4. The van der Waals surface area contributed by atoms with Gasteiger partial charge in [-0.05, 0) is 31.7 Å². The largest absolute Gasteiger partial charge is 0.416 e. The Morgan fingerprint density at radius 1 is 1.26 bits per heavy atom. The van der Waals surface area contributed by atoms with Gasteiger partial charge < -0.3 is 10.1 Å². The predicted octanol–water partition coefficient (Wildman–Crippen LogP) is 3.53. The summed E-state index contributed by atoms with van der Waals surface area (Å²) in [5.41, 5.74) is -0.881. The van der Waals surface area contributed by atoms with Crippen LogP contribution in [0.3, 0.4) is 0 Å². The summed E-state index contributed by atoms with van der Waals surface area (Å²) < 4.78 is 56.7. The molecule has 0 aliphatic heterocycles. The molecule has 0 aromatic heterocycles. The molecule has 1 aromatic rings. The molecule has 0 radical (unpaired) electrons. The molecule has 0 heterocycles. The fraction of sp³-hybridized carbons (Fsp3) is 0.538. The van der Waals surface area contributed by atoms with Gasteiger partial charge in [0.05, 0.1) is 18.2 Å². The molecule has 1 unspecified atom stereocenters. The van der Waals surface area contributed by atoms with Crippen molar-refractivity contribution in [2.45, 2.75) is 26.1 Å². The van der Waals surface area contributed by atoms with Crippen LogP contribution in [-0.2, 0) is 10.9 Å². The van der Waals surface area contributed by atoms with Crippen molar-refractivity contribution in [2.24, 2.45) is 0 Å². The van der Waals surface area contributed by atoms with Crippen LogP contribution in [0.5, 0.6) is 0 Å². The summed E-state index contributed by atoms with van der Waals surface area (Å²) in [5.74, 6) is -0.668. The molecule has 1 aromatic carbocycles. The number of rotatable bonds is 6. The highest BCUT2D eigenvalue weighted by Crippen LogP contribution is 2.31. The normalized spacial score (nSPS) is 13.6. The lowest BCUT2D eigenvalue weighted by Crippen LogP contribution is -2.26. The van der Waals surface area contributed by atoms with E-state index in [1.165, 1.54) is 0 Å². The first kappa shape index (κ1) is 15.9. The average Bonchev–Trinajstić information content (AvgIpc) is 2.34. The van der Waals surface area contributed by atoms with E-state index in [1.54, 1.807) is 13.8 Å². The predicted molar refractivity (Wildman–Crippen MR) is 64.3 cm³/mol. The Balaban J connectivity index is 3.06. The highest BCUT2D eigenvalue weighted by Gasteiger charge is 2.32. The Morgan fingerprint density at radius 3 is 2.47 bits per heavy atom. The maximum absolute atomic E-state index is 13.7. The minimum Gasteiger partial charge on any atom is -0.380 e. The van der Waals surface area contributed by atoms with Crippen molar-refractivity contribution in [2.75, 3.05) is 19.8 Å². The second-order valence-corrected chi connectivity index (χ2v) is 4.00. The number of nitrogens with one attached hydrogen (secondary N) is 1. The summed E-state index contributed by atoms with van der Waals surface area (Å²) >= 11 is 0. The van der Waals surface area contributed by atoms with Crippen LogP contribution in [0.15, 0.2) is 18.2 Å². The Kier molecular flexibility index (Phi) is 5.75. The number of hydrogen-bond donors (Lipinski definition) is 1. The molecule has 0 spiro atoms. The standard InChI is InChI=1S/C13H17F4NO/c1-3-18-12(8-19-4-2)10-7-9(13(15,16)17)5-6-11(10)14/h5-7,12,18H,3-4,8H2,1-2H3. The van der Waals surface area contributed by atoms with E-state index in [0.29, 0.717) is 13.2 Å². The third-order valence-electron chi connectivity index (χ3n) is 2.64. The van der Waals surface area contributed by atoms with Crippen LogP contribution in [-0.4, -0.2) is 19.8 Å². The van der Waals surface area contributed by atoms with Gasteiger partial charge in [0.1, 0.15) is 5.82 Å². The molecule has 0 bridgehead atoms. The second-order valence-electron chi connectivity index (χ2n) is 4.00. The fourth-order valence-electron chi connectivity index (χ4n) is 1.73. The number of halogens is 4. The van der Waals surface area contributed by atoms with Crippen LogP contribution in [0.25, 0.3) is 0 Å². The monoisotopic (exact) mass is 279 g/mol. The zero-order chi connectivity index (χ0) is 14.5. The SMILES string of the molecule is CCNC(COCC)c1cc(C(F)(F)F)ccc1F. The molecular weight excluding hydrogens is 262 g/mol. The maximum atomic E-state index is 13.7. The molecule has 0 fully saturated rings. The van der Waals surface area contributed by atoms with Gasteiger partial charge in [0.15, 0.2) is 0 Å². The first-order valence-corrected chi connectivity index (χ1v) is 6.07.